The van der Waals surface area contributed by atoms with E-state index in [4.69, 9.17) is 36.7 Å². The molecule has 0 unspecified atom stereocenters. The van der Waals surface area contributed by atoms with Gasteiger partial charge in [0.2, 0.25) is 5.88 Å². The number of aliphatic hydroxyl groups excluding tert-OH is 1. The summed E-state index contributed by atoms with van der Waals surface area (Å²) in [5.41, 5.74) is 10.9. The minimum absolute atomic E-state index is 0.00183. The maximum atomic E-state index is 14.1. The predicted octanol–water partition coefficient (Wildman–Crippen LogP) is 6.17. The fourth-order valence-corrected chi connectivity index (χ4v) is 5.81. The van der Waals surface area contributed by atoms with Gasteiger partial charge in [0.25, 0.3) is 0 Å². The fourth-order valence-electron chi connectivity index (χ4n) is 5.65. The number of anilines is 1. The largest absolute Gasteiger partial charge is 0.475 e. The minimum atomic E-state index is -0.569. The van der Waals surface area contributed by atoms with Gasteiger partial charge in [-0.3, -0.25) is 0 Å². The highest BCUT2D eigenvalue weighted by Crippen LogP contribution is 2.34. The molecule has 3 aromatic heterocycles. The van der Waals surface area contributed by atoms with Crippen LogP contribution in [0.25, 0.3) is 16.6 Å². The van der Waals surface area contributed by atoms with Crippen molar-refractivity contribution >= 4 is 40.4 Å². The van der Waals surface area contributed by atoms with E-state index in [0.717, 1.165) is 47.9 Å². The van der Waals surface area contributed by atoms with E-state index < -0.39 is 17.5 Å². The van der Waals surface area contributed by atoms with Crippen molar-refractivity contribution in [1.82, 2.24) is 19.9 Å². The van der Waals surface area contributed by atoms with Gasteiger partial charge in [0, 0.05) is 47.7 Å². The number of carbonyl (C=O) groups is 1. The molecule has 0 spiro atoms. The first-order chi connectivity index (χ1) is 23.4. The van der Waals surface area contributed by atoms with Crippen LogP contribution >= 0.6 is 11.6 Å². The monoisotopic (exact) mass is 695 g/mol. The molecule has 14 heteroatoms. The number of alkyl carbamates (subject to hydrolysis) is 1. The topological polar surface area (TPSA) is 158 Å². The number of nitrogens with one attached hydrogen (secondary N) is 2. The van der Waals surface area contributed by atoms with Gasteiger partial charge in [0.05, 0.1) is 53.5 Å². The summed E-state index contributed by atoms with van der Waals surface area (Å²) in [5, 5.41) is 20.4. The third-order valence-corrected chi connectivity index (χ3v) is 8.29. The van der Waals surface area contributed by atoms with E-state index in [1.807, 2.05) is 46.0 Å². The number of amidine groups is 1. The SMILES string of the molecule is Cc1cc(OCCOCCO)ncc1-c1cc2c(NC3CCC(NC(=O)OC(C)(C)C)CC3)c(C(N)=Nc3cc(F)ccc3Cl)cnn2c1. The molecular formula is C35H43ClFN7O5. The third kappa shape index (κ3) is 9.58. The summed E-state index contributed by atoms with van der Waals surface area (Å²) in [4.78, 5) is 21.3. The summed E-state index contributed by atoms with van der Waals surface area (Å²) < 4.78 is 32.2. The molecule has 0 radical (unpaired) electrons. The lowest BCUT2D eigenvalue weighted by atomic mass is 9.91. The van der Waals surface area contributed by atoms with Crippen LogP contribution in [0.15, 0.2) is 53.9 Å². The number of fused-ring (bicyclic) bond motifs is 1. The number of ether oxygens (including phenoxy) is 3. The molecule has 49 heavy (non-hydrogen) atoms. The van der Waals surface area contributed by atoms with Crippen molar-refractivity contribution in [2.45, 2.75) is 71.1 Å². The van der Waals surface area contributed by atoms with Gasteiger partial charge < -0.3 is 35.7 Å². The van der Waals surface area contributed by atoms with Crippen molar-refractivity contribution < 1.29 is 28.5 Å². The average Bonchev–Trinajstić information content (AvgIpc) is 3.47. The van der Waals surface area contributed by atoms with Gasteiger partial charge in [-0.15, -0.1) is 0 Å². The zero-order chi connectivity index (χ0) is 35.1. The molecular weight excluding hydrogens is 653 g/mol. The van der Waals surface area contributed by atoms with Gasteiger partial charge in [-0.05, 0) is 77.1 Å². The van der Waals surface area contributed by atoms with Gasteiger partial charge in [-0.1, -0.05) is 11.6 Å². The highest BCUT2D eigenvalue weighted by Gasteiger charge is 2.26. The van der Waals surface area contributed by atoms with Gasteiger partial charge >= 0.3 is 6.09 Å². The number of amides is 1. The zero-order valence-corrected chi connectivity index (χ0v) is 28.9. The maximum Gasteiger partial charge on any atom is 0.407 e. The van der Waals surface area contributed by atoms with Gasteiger partial charge in [0.1, 0.15) is 23.9 Å². The van der Waals surface area contributed by atoms with Crippen LogP contribution in [-0.4, -0.2) is 75.7 Å². The number of rotatable bonds is 12. The standard InChI is InChI=1S/C35H43ClFN7O5/c1-21-15-31(48-14-13-47-12-11-45)39-18-26(21)22-16-30-32(41-24-6-8-25(9-7-24)42-34(46)49-35(2,3)4)27(19-40-44(30)20-22)33(38)43-29-17-23(37)5-10-28(29)36/h5,10,15-20,24-25,41,45H,6-9,11-14H2,1-4H3,(H2,38,43)(H,42,46). The van der Waals surface area contributed by atoms with Crippen molar-refractivity contribution in [2.75, 3.05) is 31.7 Å². The number of nitrogens with zero attached hydrogens (tertiary/aromatic N) is 4. The first-order valence-electron chi connectivity index (χ1n) is 16.3. The summed E-state index contributed by atoms with van der Waals surface area (Å²) in [6.45, 7) is 8.37. The smallest absolute Gasteiger partial charge is 0.407 e. The van der Waals surface area contributed by atoms with Gasteiger partial charge in [-0.2, -0.15) is 5.10 Å². The quantitative estimate of drug-likeness (QED) is 0.0773. The lowest BCUT2D eigenvalue weighted by Crippen LogP contribution is -2.42. The summed E-state index contributed by atoms with van der Waals surface area (Å²) in [5.74, 6) is 0.110. The molecule has 0 atom stereocenters. The lowest BCUT2D eigenvalue weighted by Gasteiger charge is -2.31. The van der Waals surface area contributed by atoms with Crippen molar-refractivity contribution in [2.24, 2.45) is 10.7 Å². The number of aromatic nitrogens is 3. The number of aliphatic hydroxyl groups is 1. The molecule has 1 aliphatic carbocycles. The van der Waals surface area contributed by atoms with Crippen LogP contribution in [0.3, 0.4) is 0 Å². The van der Waals surface area contributed by atoms with Gasteiger partial charge in [0.15, 0.2) is 0 Å². The van der Waals surface area contributed by atoms with E-state index in [0.29, 0.717) is 30.3 Å². The van der Waals surface area contributed by atoms with E-state index in [-0.39, 0.29) is 41.8 Å². The molecule has 1 fully saturated rings. The van der Waals surface area contributed by atoms with E-state index in [9.17, 15) is 9.18 Å². The molecule has 0 saturated heterocycles. The Balaban J connectivity index is 1.42. The molecule has 0 aliphatic heterocycles. The second-order valence-corrected chi connectivity index (χ2v) is 13.4. The van der Waals surface area contributed by atoms with Crippen molar-refractivity contribution in [3.05, 3.63) is 70.9 Å². The molecule has 0 bridgehead atoms. The first-order valence-corrected chi connectivity index (χ1v) is 16.6. The molecule has 262 valence electrons. The van der Waals surface area contributed by atoms with Crippen LogP contribution in [-0.2, 0) is 9.47 Å². The molecule has 1 amide bonds. The molecule has 1 aromatic carbocycles. The summed E-state index contributed by atoms with van der Waals surface area (Å²) in [6, 6.07) is 7.85. The number of hydrogen-bond acceptors (Lipinski definition) is 9. The Labute approximate surface area is 289 Å². The third-order valence-electron chi connectivity index (χ3n) is 7.97. The van der Waals surface area contributed by atoms with E-state index >= 15 is 0 Å². The van der Waals surface area contributed by atoms with Crippen molar-refractivity contribution in [1.29, 1.82) is 0 Å². The van der Waals surface area contributed by atoms with Crippen LogP contribution in [0.1, 0.15) is 57.6 Å². The van der Waals surface area contributed by atoms with Crippen molar-refractivity contribution in [3.8, 4) is 17.0 Å². The Bertz CT molecular complexity index is 1800. The maximum absolute atomic E-state index is 14.1. The number of nitrogens with two attached hydrogens (primary N) is 1. The summed E-state index contributed by atoms with van der Waals surface area (Å²) >= 11 is 6.31. The Kier molecular flexibility index (Phi) is 11.6. The zero-order valence-electron chi connectivity index (χ0n) is 28.1. The Morgan fingerprint density at radius 2 is 1.88 bits per heavy atom. The highest BCUT2D eigenvalue weighted by atomic mass is 35.5. The number of aliphatic imine (C=N–C) groups is 1. The van der Waals surface area contributed by atoms with E-state index in [1.165, 1.54) is 18.2 Å². The van der Waals surface area contributed by atoms with Crippen LogP contribution in [0.2, 0.25) is 5.02 Å². The Morgan fingerprint density at radius 1 is 1.12 bits per heavy atom. The van der Waals surface area contributed by atoms with Crippen molar-refractivity contribution in [3.63, 3.8) is 0 Å². The summed E-state index contributed by atoms with van der Waals surface area (Å²) in [7, 11) is 0. The summed E-state index contributed by atoms with van der Waals surface area (Å²) in [6.07, 6.45) is 7.96. The number of hydrogen-bond donors (Lipinski definition) is 4. The average molecular weight is 696 g/mol. The Hall–Kier alpha value is -4.46. The number of benzene rings is 1. The molecule has 12 nitrogen and oxygen atoms in total. The van der Waals surface area contributed by atoms with Gasteiger partial charge in [-0.25, -0.2) is 23.7 Å². The number of pyridine rings is 1. The lowest BCUT2D eigenvalue weighted by molar-refractivity contribution is 0.0492. The number of aryl methyl sites for hydroxylation is 1. The second kappa shape index (κ2) is 15.8. The van der Waals surface area contributed by atoms with Crippen LogP contribution in [0.5, 0.6) is 5.88 Å². The van der Waals surface area contributed by atoms with Crippen LogP contribution in [0, 0.1) is 12.7 Å². The number of carbonyl (C=O) groups excluding carboxylic acids is 1. The predicted molar refractivity (Wildman–Crippen MR) is 187 cm³/mol. The first kappa shape index (κ1) is 35.8. The minimum Gasteiger partial charge on any atom is -0.475 e. The molecule has 5 N–H and O–H groups in total. The molecule has 1 aliphatic rings. The normalized spacial score (nSPS) is 16.8. The molecule has 3 heterocycles. The molecule has 4 aromatic rings. The second-order valence-electron chi connectivity index (χ2n) is 12.9. The van der Waals surface area contributed by atoms with E-state index in [2.05, 4.69) is 25.7 Å². The number of halogens is 2. The van der Waals surface area contributed by atoms with E-state index in [1.54, 1.807) is 16.9 Å². The Morgan fingerprint density at radius 3 is 2.59 bits per heavy atom. The highest BCUT2D eigenvalue weighted by molar-refractivity contribution is 6.33. The fraction of sp³-hybridized carbons (Fsp3) is 0.429. The van der Waals surface area contributed by atoms with Crippen LogP contribution in [0.4, 0.5) is 20.6 Å². The molecule has 5 rings (SSSR count). The van der Waals surface area contributed by atoms with Crippen LogP contribution < -0.4 is 21.1 Å². The molecule has 1 saturated carbocycles.